The Morgan fingerprint density at radius 3 is 2.57 bits per heavy atom. The van der Waals surface area contributed by atoms with E-state index < -0.39 is 0 Å². The van der Waals surface area contributed by atoms with Gasteiger partial charge in [0.25, 0.3) is 0 Å². The molecule has 28 heavy (non-hydrogen) atoms. The average molecular weight is 379 g/mol. The number of hydrogen-bond donors (Lipinski definition) is 2. The molecule has 0 unspecified atom stereocenters. The zero-order valence-corrected chi connectivity index (χ0v) is 16.9. The summed E-state index contributed by atoms with van der Waals surface area (Å²) in [6.45, 7) is 5.10. The van der Waals surface area contributed by atoms with E-state index in [1.807, 2.05) is 11.0 Å². The Hall–Kier alpha value is -2.82. The van der Waals surface area contributed by atoms with E-state index in [4.69, 9.17) is 0 Å². The second kappa shape index (κ2) is 9.93. The first-order valence-corrected chi connectivity index (χ1v) is 10.0. The number of carbonyl (C=O) groups is 1. The SMILES string of the molecule is CN=C(NCCCC(=O)N1CCc2ccccc2C1)NCc1ccc(C)cc1. The fourth-order valence-corrected chi connectivity index (χ4v) is 3.43. The fraction of sp³-hybridized carbons (Fsp3) is 0.391. The number of hydrogen-bond acceptors (Lipinski definition) is 2. The van der Waals surface area contributed by atoms with Crippen LogP contribution in [0.3, 0.4) is 0 Å². The lowest BCUT2D eigenvalue weighted by atomic mass is 9.99. The first-order chi connectivity index (χ1) is 13.7. The Labute approximate surface area is 167 Å². The molecule has 5 heteroatoms. The number of benzene rings is 2. The van der Waals surface area contributed by atoms with Crippen LogP contribution in [0.1, 0.15) is 35.1 Å². The summed E-state index contributed by atoms with van der Waals surface area (Å²) in [6.07, 6.45) is 2.31. The van der Waals surface area contributed by atoms with Crippen LogP contribution >= 0.6 is 0 Å². The molecule has 2 aromatic carbocycles. The predicted molar refractivity (Wildman–Crippen MR) is 114 cm³/mol. The fourth-order valence-electron chi connectivity index (χ4n) is 3.43. The van der Waals surface area contributed by atoms with Gasteiger partial charge in [-0.2, -0.15) is 0 Å². The lowest BCUT2D eigenvalue weighted by Crippen LogP contribution is -2.38. The van der Waals surface area contributed by atoms with Gasteiger partial charge in [-0.05, 0) is 36.5 Å². The van der Waals surface area contributed by atoms with Crippen molar-refractivity contribution in [1.82, 2.24) is 15.5 Å². The van der Waals surface area contributed by atoms with Crippen molar-refractivity contribution in [2.45, 2.75) is 39.3 Å². The van der Waals surface area contributed by atoms with E-state index in [2.05, 4.69) is 65.0 Å². The predicted octanol–water partition coefficient (Wildman–Crippen LogP) is 3.03. The molecule has 1 heterocycles. The first-order valence-electron chi connectivity index (χ1n) is 10.0. The van der Waals surface area contributed by atoms with Crippen molar-refractivity contribution in [3.8, 4) is 0 Å². The van der Waals surface area contributed by atoms with Gasteiger partial charge < -0.3 is 15.5 Å². The molecule has 0 aromatic heterocycles. The highest BCUT2D eigenvalue weighted by Crippen LogP contribution is 2.19. The lowest BCUT2D eigenvalue weighted by molar-refractivity contribution is -0.132. The molecular weight excluding hydrogens is 348 g/mol. The smallest absolute Gasteiger partial charge is 0.222 e. The van der Waals surface area contributed by atoms with Gasteiger partial charge in [0, 0.05) is 39.6 Å². The van der Waals surface area contributed by atoms with E-state index in [9.17, 15) is 4.79 Å². The van der Waals surface area contributed by atoms with E-state index in [1.165, 1.54) is 22.3 Å². The third-order valence-corrected chi connectivity index (χ3v) is 5.15. The summed E-state index contributed by atoms with van der Waals surface area (Å²) in [6, 6.07) is 16.9. The highest BCUT2D eigenvalue weighted by atomic mass is 16.2. The molecule has 3 rings (SSSR count). The van der Waals surface area contributed by atoms with Crippen LogP contribution in [0.15, 0.2) is 53.5 Å². The highest BCUT2D eigenvalue weighted by Gasteiger charge is 2.19. The van der Waals surface area contributed by atoms with Gasteiger partial charge in [0.1, 0.15) is 0 Å². The quantitative estimate of drug-likeness (QED) is 0.462. The number of carbonyl (C=O) groups excluding carboxylic acids is 1. The average Bonchev–Trinajstić information content (AvgIpc) is 2.74. The summed E-state index contributed by atoms with van der Waals surface area (Å²) >= 11 is 0. The van der Waals surface area contributed by atoms with E-state index >= 15 is 0 Å². The summed E-state index contributed by atoms with van der Waals surface area (Å²) in [4.78, 5) is 18.7. The van der Waals surface area contributed by atoms with Crippen molar-refractivity contribution in [2.24, 2.45) is 4.99 Å². The van der Waals surface area contributed by atoms with Crippen molar-refractivity contribution in [2.75, 3.05) is 20.1 Å². The van der Waals surface area contributed by atoms with Crippen LogP contribution in [0.2, 0.25) is 0 Å². The largest absolute Gasteiger partial charge is 0.356 e. The van der Waals surface area contributed by atoms with Gasteiger partial charge in [0.05, 0.1) is 0 Å². The number of aliphatic imine (C=N–C) groups is 1. The minimum absolute atomic E-state index is 0.235. The first kappa shape index (κ1) is 19.9. The van der Waals surface area contributed by atoms with Crippen LogP contribution < -0.4 is 10.6 Å². The summed E-state index contributed by atoms with van der Waals surface area (Å²) in [5.74, 6) is 0.999. The molecule has 0 radical (unpaired) electrons. The molecule has 1 amide bonds. The van der Waals surface area contributed by atoms with Crippen LogP contribution in [0.25, 0.3) is 0 Å². The summed E-state index contributed by atoms with van der Waals surface area (Å²) in [5.41, 5.74) is 5.12. The Bertz CT molecular complexity index is 814. The molecular formula is C23H30N4O. The maximum absolute atomic E-state index is 12.5. The standard InChI is InChI=1S/C23H30N4O/c1-18-9-11-19(12-10-18)16-26-23(24-2)25-14-5-8-22(28)27-15-13-20-6-3-4-7-21(20)17-27/h3-4,6-7,9-12H,5,8,13-17H2,1-2H3,(H2,24,25,26). The molecule has 0 aliphatic carbocycles. The van der Waals surface area contributed by atoms with Crippen LogP contribution in [0.5, 0.6) is 0 Å². The molecule has 2 aromatic rings. The van der Waals surface area contributed by atoms with Crippen molar-refractivity contribution in [1.29, 1.82) is 0 Å². The van der Waals surface area contributed by atoms with E-state index in [0.717, 1.165) is 45.0 Å². The Kier molecular flexibility index (Phi) is 7.06. The molecule has 0 saturated heterocycles. The third kappa shape index (κ3) is 5.59. The highest BCUT2D eigenvalue weighted by molar-refractivity contribution is 5.80. The normalized spacial score (nSPS) is 13.8. The molecule has 0 bridgehead atoms. The summed E-state index contributed by atoms with van der Waals surface area (Å²) < 4.78 is 0. The number of nitrogens with zero attached hydrogens (tertiary/aromatic N) is 2. The number of rotatable bonds is 6. The van der Waals surface area contributed by atoms with Gasteiger partial charge in [0.15, 0.2) is 5.96 Å². The summed E-state index contributed by atoms with van der Waals surface area (Å²) in [7, 11) is 1.76. The van der Waals surface area contributed by atoms with Gasteiger partial charge >= 0.3 is 0 Å². The van der Waals surface area contributed by atoms with Gasteiger partial charge in [-0.15, -0.1) is 0 Å². The van der Waals surface area contributed by atoms with Crippen molar-refractivity contribution >= 4 is 11.9 Å². The second-order valence-corrected chi connectivity index (χ2v) is 7.28. The van der Waals surface area contributed by atoms with Crippen molar-refractivity contribution in [3.63, 3.8) is 0 Å². The Morgan fingerprint density at radius 2 is 1.82 bits per heavy atom. The monoisotopic (exact) mass is 378 g/mol. The maximum atomic E-state index is 12.5. The number of fused-ring (bicyclic) bond motifs is 1. The number of aryl methyl sites for hydroxylation is 1. The van der Waals surface area contributed by atoms with Gasteiger partial charge in [-0.3, -0.25) is 9.79 Å². The number of amides is 1. The van der Waals surface area contributed by atoms with Gasteiger partial charge in [-0.25, -0.2) is 0 Å². The zero-order chi connectivity index (χ0) is 19.8. The molecule has 148 valence electrons. The van der Waals surface area contributed by atoms with E-state index in [1.54, 1.807) is 7.05 Å². The molecule has 2 N–H and O–H groups in total. The second-order valence-electron chi connectivity index (χ2n) is 7.28. The van der Waals surface area contributed by atoms with Gasteiger partial charge in [-0.1, -0.05) is 54.1 Å². The molecule has 0 fully saturated rings. The molecule has 0 saturated carbocycles. The van der Waals surface area contributed by atoms with Gasteiger partial charge in [0.2, 0.25) is 5.91 Å². The van der Waals surface area contributed by atoms with Crippen molar-refractivity contribution in [3.05, 3.63) is 70.8 Å². The minimum Gasteiger partial charge on any atom is -0.356 e. The third-order valence-electron chi connectivity index (χ3n) is 5.15. The molecule has 1 aliphatic heterocycles. The van der Waals surface area contributed by atoms with Crippen LogP contribution in [-0.2, 0) is 24.3 Å². The van der Waals surface area contributed by atoms with E-state index in [-0.39, 0.29) is 5.91 Å². The topological polar surface area (TPSA) is 56.7 Å². The van der Waals surface area contributed by atoms with Crippen molar-refractivity contribution < 1.29 is 4.79 Å². The molecule has 0 atom stereocenters. The van der Waals surface area contributed by atoms with Crippen LogP contribution in [-0.4, -0.2) is 36.9 Å². The lowest BCUT2D eigenvalue weighted by Gasteiger charge is -2.29. The maximum Gasteiger partial charge on any atom is 0.222 e. The number of guanidine groups is 1. The Balaban J connectivity index is 1.36. The summed E-state index contributed by atoms with van der Waals surface area (Å²) in [5, 5.41) is 6.60. The Morgan fingerprint density at radius 1 is 1.07 bits per heavy atom. The molecule has 5 nitrogen and oxygen atoms in total. The van der Waals surface area contributed by atoms with E-state index in [0.29, 0.717) is 6.42 Å². The zero-order valence-electron chi connectivity index (χ0n) is 16.9. The molecule has 0 spiro atoms. The molecule has 1 aliphatic rings. The van der Waals surface area contributed by atoms with Crippen LogP contribution in [0, 0.1) is 6.92 Å². The number of nitrogens with one attached hydrogen (secondary N) is 2. The van der Waals surface area contributed by atoms with Crippen LogP contribution in [0.4, 0.5) is 0 Å². The minimum atomic E-state index is 0.235.